The van der Waals surface area contributed by atoms with Crippen LogP contribution in [0.15, 0.2) is 18.2 Å². The number of rotatable bonds is 19. The second kappa shape index (κ2) is 16.4. The van der Waals surface area contributed by atoms with Crippen molar-refractivity contribution in [3.05, 3.63) is 34.9 Å². The van der Waals surface area contributed by atoms with Gasteiger partial charge in [0.25, 0.3) is 5.91 Å². The number of hydrogen-bond donors (Lipinski definition) is 2. The minimum Gasteiger partial charge on any atom is -0.379 e. The third kappa shape index (κ3) is 9.76. The number of aryl methyl sites for hydroxylation is 1. The van der Waals surface area contributed by atoms with Crippen LogP contribution in [0, 0.1) is 0 Å². The number of fused-ring (bicyclic) bond motifs is 1. The Morgan fingerprint density at radius 3 is 2.03 bits per heavy atom. The van der Waals surface area contributed by atoms with Crippen LogP contribution >= 0.6 is 0 Å². The van der Waals surface area contributed by atoms with Crippen molar-refractivity contribution < 1.29 is 38.1 Å². The van der Waals surface area contributed by atoms with E-state index in [1.165, 1.54) is 0 Å². The number of benzene rings is 1. The smallest absolute Gasteiger partial charge is 0.255 e. The zero-order valence-corrected chi connectivity index (χ0v) is 21.4. The van der Waals surface area contributed by atoms with Gasteiger partial charge in [0, 0.05) is 31.7 Å². The zero-order chi connectivity index (χ0) is 26.3. The van der Waals surface area contributed by atoms with Crippen molar-refractivity contribution in [3.63, 3.8) is 0 Å². The Morgan fingerprint density at radius 1 is 0.838 bits per heavy atom. The second-order valence-corrected chi connectivity index (χ2v) is 8.85. The molecule has 1 saturated heterocycles. The van der Waals surface area contributed by atoms with E-state index in [-0.39, 0.29) is 18.2 Å². The molecule has 1 unspecified atom stereocenters. The van der Waals surface area contributed by atoms with Gasteiger partial charge in [-0.3, -0.25) is 19.7 Å². The molecule has 1 atom stereocenters. The molecule has 0 radical (unpaired) electrons. The maximum atomic E-state index is 12.8. The molecule has 1 aromatic rings. The molecule has 3 amide bonds. The van der Waals surface area contributed by atoms with E-state index >= 15 is 0 Å². The van der Waals surface area contributed by atoms with E-state index in [4.69, 9.17) is 29.4 Å². The summed E-state index contributed by atoms with van der Waals surface area (Å²) in [6.07, 6.45) is 2.30. The number of nitrogens with two attached hydrogens (primary N) is 1. The molecule has 11 heteroatoms. The number of ether oxygens (including phenoxy) is 5. The first-order valence-electron chi connectivity index (χ1n) is 13.0. The average Bonchev–Trinajstić information content (AvgIpc) is 3.21. The highest BCUT2D eigenvalue weighted by Gasteiger charge is 2.38. The fraction of sp³-hybridized carbons (Fsp3) is 0.654. The number of nitrogens with zero attached hydrogens (tertiary/aromatic N) is 1. The number of hydrogen-bond acceptors (Lipinski definition) is 9. The Bertz CT molecular complexity index is 881. The molecule has 11 nitrogen and oxygen atoms in total. The van der Waals surface area contributed by atoms with Crippen molar-refractivity contribution in [3.8, 4) is 0 Å². The molecule has 3 N–H and O–H groups in total. The maximum Gasteiger partial charge on any atom is 0.255 e. The van der Waals surface area contributed by atoms with Crippen LogP contribution in [-0.4, -0.2) is 101 Å². The standard InChI is InChI=1S/C26H39N3O8/c27-7-9-34-11-13-36-15-17-37-16-14-35-12-10-33-8-1-2-20-3-4-22-21(18-20)19-29(26(22)32)23-5-6-24(30)28-25(23)31/h3-4,18,23H,1-2,5-17,19,27H2,(H,28,30,31). The van der Waals surface area contributed by atoms with Gasteiger partial charge in [0.2, 0.25) is 11.8 Å². The van der Waals surface area contributed by atoms with Crippen LogP contribution in [0.1, 0.15) is 40.7 Å². The minimum atomic E-state index is -0.588. The van der Waals surface area contributed by atoms with Crippen molar-refractivity contribution >= 4 is 17.7 Å². The van der Waals surface area contributed by atoms with E-state index in [1.54, 1.807) is 4.90 Å². The summed E-state index contributed by atoms with van der Waals surface area (Å²) < 4.78 is 27.1. The third-order valence-corrected chi connectivity index (χ3v) is 6.09. The molecule has 206 valence electrons. The molecule has 1 aromatic carbocycles. The van der Waals surface area contributed by atoms with Gasteiger partial charge in [-0.1, -0.05) is 12.1 Å². The average molecular weight is 522 g/mol. The van der Waals surface area contributed by atoms with Gasteiger partial charge in [0.15, 0.2) is 0 Å². The number of carbonyl (C=O) groups excluding carboxylic acids is 3. The Balaban J connectivity index is 1.19. The SMILES string of the molecule is NCCOCCOCCOCCOCCOCCCc1ccc2c(c1)CN(C1CCC(=O)NC1=O)C2=O. The molecule has 1 fully saturated rings. The van der Waals surface area contributed by atoms with Crippen LogP contribution in [0.5, 0.6) is 0 Å². The normalized spacial score (nSPS) is 17.4. The molecule has 0 spiro atoms. The predicted molar refractivity (Wildman–Crippen MR) is 134 cm³/mol. The lowest BCUT2D eigenvalue weighted by atomic mass is 10.0. The van der Waals surface area contributed by atoms with Crippen molar-refractivity contribution in [2.75, 3.05) is 72.6 Å². The Labute approximate surface area is 217 Å². The molecule has 3 rings (SSSR count). The van der Waals surface area contributed by atoms with Crippen LogP contribution in [0.25, 0.3) is 0 Å². The summed E-state index contributed by atoms with van der Waals surface area (Å²) in [5.41, 5.74) is 8.01. The first-order valence-corrected chi connectivity index (χ1v) is 13.0. The number of nitrogens with one attached hydrogen (secondary N) is 1. The highest BCUT2D eigenvalue weighted by atomic mass is 16.6. The summed E-state index contributed by atoms with van der Waals surface area (Å²) in [4.78, 5) is 37.9. The third-order valence-electron chi connectivity index (χ3n) is 6.09. The van der Waals surface area contributed by atoms with Crippen LogP contribution in [0.3, 0.4) is 0 Å². The van der Waals surface area contributed by atoms with Crippen LogP contribution in [0.2, 0.25) is 0 Å². The van der Waals surface area contributed by atoms with Gasteiger partial charge in [-0.15, -0.1) is 0 Å². The number of amides is 3. The summed E-state index contributed by atoms with van der Waals surface area (Å²) in [5.74, 6) is -0.826. The Hall–Kier alpha value is -2.41. The van der Waals surface area contributed by atoms with Gasteiger partial charge in [0.1, 0.15) is 6.04 Å². The van der Waals surface area contributed by atoms with Crippen molar-refractivity contribution in [1.29, 1.82) is 0 Å². The maximum absolute atomic E-state index is 12.8. The zero-order valence-electron chi connectivity index (χ0n) is 21.4. The number of carbonyl (C=O) groups is 3. The summed E-state index contributed by atoms with van der Waals surface area (Å²) in [6.45, 7) is 6.23. The van der Waals surface area contributed by atoms with E-state index in [1.807, 2.05) is 18.2 Å². The first kappa shape index (κ1) is 29.2. The first-order chi connectivity index (χ1) is 18.1. The van der Waals surface area contributed by atoms with Crippen LogP contribution in [0.4, 0.5) is 0 Å². The quantitative estimate of drug-likeness (QED) is 0.196. The minimum absolute atomic E-state index is 0.151. The van der Waals surface area contributed by atoms with E-state index in [9.17, 15) is 14.4 Å². The predicted octanol–water partition coefficient (Wildman–Crippen LogP) is 0.422. The van der Waals surface area contributed by atoms with Crippen molar-refractivity contribution in [1.82, 2.24) is 10.2 Å². The van der Waals surface area contributed by atoms with Crippen molar-refractivity contribution in [2.45, 2.75) is 38.3 Å². The van der Waals surface area contributed by atoms with E-state index < -0.39 is 11.9 Å². The van der Waals surface area contributed by atoms with E-state index in [0.717, 1.165) is 24.0 Å². The fourth-order valence-corrected chi connectivity index (χ4v) is 4.23. The molecular weight excluding hydrogens is 482 g/mol. The van der Waals surface area contributed by atoms with E-state index in [2.05, 4.69) is 5.32 Å². The summed E-state index contributed by atoms with van der Waals surface area (Å²) in [7, 11) is 0. The monoisotopic (exact) mass is 521 g/mol. The molecular formula is C26H39N3O8. The van der Waals surface area contributed by atoms with Gasteiger partial charge >= 0.3 is 0 Å². The van der Waals surface area contributed by atoms with Gasteiger partial charge in [-0.25, -0.2) is 0 Å². The molecule has 0 bridgehead atoms. The summed E-state index contributed by atoms with van der Waals surface area (Å²) in [5, 5.41) is 2.33. The molecule has 0 aromatic heterocycles. The van der Waals surface area contributed by atoms with Crippen LogP contribution < -0.4 is 11.1 Å². The molecule has 0 aliphatic carbocycles. The molecule has 37 heavy (non-hydrogen) atoms. The lowest BCUT2D eigenvalue weighted by Crippen LogP contribution is -2.52. The summed E-state index contributed by atoms with van der Waals surface area (Å²) in [6, 6.07) is 5.23. The Morgan fingerprint density at radius 2 is 1.43 bits per heavy atom. The Kier molecular flexibility index (Phi) is 12.9. The fourth-order valence-electron chi connectivity index (χ4n) is 4.23. The lowest BCUT2D eigenvalue weighted by Gasteiger charge is -2.29. The molecule has 2 heterocycles. The number of imide groups is 1. The highest BCUT2D eigenvalue weighted by molar-refractivity contribution is 6.05. The largest absolute Gasteiger partial charge is 0.379 e. The topological polar surface area (TPSA) is 139 Å². The van der Waals surface area contributed by atoms with Gasteiger partial charge in [-0.2, -0.15) is 0 Å². The molecule has 2 aliphatic rings. The highest BCUT2D eigenvalue weighted by Crippen LogP contribution is 2.28. The summed E-state index contributed by atoms with van der Waals surface area (Å²) >= 11 is 0. The van der Waals surface area contributed by atoms with Gasteiger partial charge in [-0.05, 0) is 36.5 Å². The molecule has 2 aliphatic heterocycles. The molecule has 0 saturated carbocycles. The van der Waals surface area contributed by atoms with Crippen LogP contribution in [-0.2, 0) is 46.2 Å². The number of piperidine rings is 1. The van der Waals surface area contributed by atoms with E-state index in [0.29, 0.717) is 91.1 Å². The van der Waals surface area contributed by atoms with Gasteiger partial charge in [0.05, 0.1) is 59.5 Å². The lowest BCUT2D eigenvalue weighted by molar-refractivity contribution is -0.136. The van der Waals surface area contributed by atoms with Gasteiger partial charge < -0.3 is 34.3 Å². The second-order valence-electron chi connectivity index (χ2n) is 8.85. The van der Waals surface area contributed by atoms with Crippen molar-refractivity contribution in [2.24, 2.45) is 5.73 Å².